The number of rotatable bonds is 7. The molecule has 0 saturated carbocycles. The van der Waals surface area contributed by atoms with Crippen molar-refractivity contribution in [1.29, 1.82) is 0 Å². The van der Waals surface area contributed by atoms with Crippen molar-refractivity contribution in [3.05, 3.63) is 72.5 Å². The number of para-hydroxylation sites is 1. The fourth-order valence-corrected chi connectivity index (χ4v) is 4.71. The zero-order valence-corrected chi connectivity index (χ0v) is 18.5. The number of fused-ring (bicyclic) bond motifs is 1. The van der Waals surface area contributed by atoms with Crippen LogP contribution in [0, 0.1) is 5.82 Å². The van der Waals surface area contributed by atoms with Crippen LogP contribution in [0.2, 0.25) is 0 Å². The lowest BCUT2D eigenvalue weighted by atomic mass is 10.2. The van der Waals surface area contributed by atoms with Gasteiger partial charge in [-0.2, -0.15) is 0 Å². The summed E-state index contributed by atoms with van der Waals surface area (Å²) >= 11 is 0. The van der Waals surface area contributed by atoms with Gasteiger partial charge in [-0.05, 0) is 48.5 Å². The Morgan fingerprint density at radius 2 is 1.73 bits per heavy atom. The first-order chi connectivity index (χ1) is 15.9. The molecular formula is C23H21FN2O6S. The molecule has 1 aliphatic heterocycles. The van der Waals surface area contributed by atoms with E-state index >= 15 is 0 Å². The molecule has 1 N–H and O–H groups in total. The third-order valence-corrected chi connectivity index (χ3v) is 6.66. The van der Waals surface area contributed by atoms with E-state index in [2.05, 4.69) is 5.32 Å². The fraction of sp³-hybridized carbons (Fsp3) is 0.174. The van der Waals surface area contributed by atoms with Gasteiger partial charge in [0.1, 0.15) is 31.3 Å². The molecule has 172 valence electrons. The molecule has 3 aromatic rings. The topological polar surface area (TPSA) is 94.2 Å². The molecule has 10 heteroatoms. The molecule has 0 saturated heterocycles. The molecule has 0 unspecified atom stereocenters. The third kappa shape index (κ3) is 4.85. The average molecular weight is 472 g/mol. The number of sulfonamides is 1. The lowest BCUT2D eigenvalue weighted by Crippen LogP contribution is -2.38. The smallest absolute Gasteiger partial charge is 0.264 e. The summed E-state index contributed by atoms with van der Waals surface area (Å²) in [5, 5.41) is 2.63. The Morgan fingerprint density at radius 1 is 1.03 bits per heavy atom. The lowest BCUT2D eigenvalue weighted by Gasteiger charge is -2.25. The van der Waals surface area contributed by atoms with E-state index < -0.39 is 28.3 Å². The number of carbonyl (C=O) groups is 1. The molecule has 8 nitrogen and oxygen atoms in total. The summed E-state index contributed by atoms with van der Waals surface area (Å²) in [7, 11) is -2.82. The van der Waals surface area contributed by atoms with Gasteiger partial charge in [0, 0.05) is 11.8 Å². The highest BCUT2D eigenvalue weighted by Crippen LogP contribution is 2.33. The normalized spacial score (nSPS) is 12.7. The Labute approximate surface area is 190 Å². The number of carbonyl (C=O) groups excluding carboxylic acids is 1. The average Bonchev–Trinajstić information content (AvgIpc) is 2.83. The van der Waals surface area contributed by atoms with Gasteiger partial charge in [0.25, 0.3) is 10.0 Å². The van der Waals surface area contributed by atoms with E-state index in [4.69, 9.17) is 14.2 Å². The molecule has 1 aliphatic rings. The number of nitrogens with one attached hydrogen (secondary N) is 1. The monoisotopic (exact) mass is 472 g/mol. The minimum absolute atomic E-state index is 0.112. The minimum atomic E-state index is -4.27. The number of hydrogen-bond donors (Lipinski definition) is 1. The second-order valence-corrected chi connectivity index (χ2v) is 8.91. The van der Waals surface area contributed by atoms with Crippen molar-refractivity contribution < 1.29 is 31.8 Å². The predicted molar refractivity (Wildman–Crippen MR) is 120 cm³/mol. The molecule has 1 heterocycles. The number of ether oxygens (including phenoxy) is 3. The van der Waals surface area contributed by atoms with Crippen molar-refractivity contribution in [2.45, 2.75) is 4.90 Å². The predicted octanol–water partition coefficient (Wildman–Crippen LogP) is 3.44. The van der Waals surface area contributed by atoms with Crippen LogP contribution in [0.3, 0.4) is 0 Å². The maximum atomic E-state index is 14.6. The maximum absolute atomic E-state index is 14.6. The highest BCUT2D eigenvalue weighted by molar-refractivity contribution is 7.92. The summed E-state index contributed by atoms with van der Waals surface area (Å²) in [6.45, 7) is 0.162. The standard InChI is InChI=1S/C23H21FN2O6S/c1-30-17-7-9-18(10-8-17)33(28,29)26(20-5-3-2-4-19(20)24)15-23(27)25-16-6-11-21-22(14-16)32-13-12-31-21/h2-11,14H,12-13,15H2,1H3,(H,25,27). The first-order valence-electron chi connectivity index (χ1n) is 9.99. The van der Waals surface area contributed by atoms with E-state index in [9.17, 15) is 17.6 Å². The minimum Gasteiger partial charge on any atom is -0.497 e. The Kier molecular flexibility index (Phi) is 6.36. The van der Waals surface area contributed by atoms with Crippen molar-refractivity contribution in [3.63, 3.8) is 0 Å². The summed E-state index contributed by atoms with van der Waals surface area (Å²) in [6.07, 6.45) is 0. The Morgan fingerprint density at radius 3 is 2.42 bits per heavy atom. The Bertz CT molecular complexity index is 1260. The van der Waals surface area contributed by atoms with Gasteiger partial charge < -0.3 is 19.5 Å². The van der Waals surface area contributed by atoms with Crippen molar-refractivity contribution in [2.24, 2.45) is 0 Å². The number of amides is 1. The van der Waals surface area contributed by atoms with Crippen molar-refractivity contribution >= 4 is 27.3 Å². The van der Waals surface area contributed by atoms with Crippen molar-refractivity contribution in [2.75, 3.05) is 36.5 Å². The van der Waals surface area contributed by atoms with Gasteiger partial charge in [0.15, 0.2) is 11.5 Å². The van der Waals surface area contributed by atoms with Crippen LogP contribution >= 0.6 is 0 Å². The summed E-state index contributed by atoms with van der Waals surface area (Å²) in [4.78, 5) is 12.7. The molecule has 0 spiro atoms. The van der Waals surface area contributed by atoms with Gasteiger partial charge in [-0.3, -0.25) is 9.10 Å². The van der Waals surface area contributed by atoms with Crippen molar-refractivity contribution in [1.82, 2.24) is 0 Å². The largest absolute Gasteiger partial charge is 0.497 e. The number of anilines is 2. The number of halogens is 1. The molecule has 3 aromatic carbocycles. The van der Waals surface area contributed by atoms with Crippen LogP contribution in [0.1, 0.15) is 0 Å². The second-order valence-electron chi connectivity index (χ2n) is 7.05. The molecule has 0 radical (unpaired) electrons. The third-order valence-electron chi connectivity index (χ3n) is 4.88. The highest BCUT2D eigenvalue weighted by atomic mass is 32.2. The van der Waals surface area contributed by atoms with Gasteiger partial charge in [0.2, 0.25) is 5.91 Å². The highest BCUT2D eigenvalue weighted by Gasteiger charge is 2.29. The van der Waals surface area contributed by atoms with E-state index in [1.807, 2.05) is 0 Å². The molecule has 33 heavy (non-hydrogen) atoms. The van der Waals surface area contributed by atoms with Gasteiger partial charge in [-0.1, -0.05) is 12.1 Å². The van der Waals surface area contributed by atoms with Crippen molar-refractivity contribution in [3.8, 4) is 17.2 Å². The van der Waals surface area contributed by atoms with E-state index in [1.54, 1.807) is 18.2 Å². The van der Waals surface area contributed by atoms with E-state index in [0.29, 0.717) is 36.1 Å². The van der Waals surface area contributed by atoms with Crippen LogP contribution in [-0.2, 0) is 14.8 Å². The van der Waals surface area contributed by atoms with Crippen LogP contribution in [-0.4, -0.2) is 41.2 Å². The SMILES string of the molecule is COc1ccc(S(=O)(=O)N(CC(=O)Nc2ccc3c(c2)OCCO3)c2ccccc2F)cc1. The van der Waals surface area contributed by atoms with E-state index in [-0.39, 0.29) is 10.6 Å². The molecule has 0 atom stereocenters. The van der Waals surface area contributed by atoms with E-state index in [1.165, 1.54) is 49.6 Å². The first-order valence-corrected chi connectivity index (χ1v) is 11.4. The number of nitrogens with zero attached hydrogens (tertiary/aromatic N) is 1. The summed E-state index contributed by atoms with van der Waals surface area (Å²) < 4.78 is 58.1. The van der Waals surface area contributed by atoms with Gasteiger partial charge in [-0.15, -0.1) is 0 Å². The van der Waals surface area contributed by atoms with Gasteiger partial charge >= 0.3 is 0 Å². The number of hydrogen-bond acceptors (Lipinski definition) is 6. The molecule has 0 bridgehead atoms. The molecule has 1 amide bonds. The van der Waals surface area contributed by atoms with Crippen LogP contribution in [0.4, 0.5) is 15.8 Å². The van der Waals surface area contributed by atoms with Crippen LogP contribution in [0.5, 0.6) is 17.2 Å². The molecular weight excluding hydrogens is 451 g/mol. The van der Waals surface area contributed by atoms with Crippen LogP contribution in [0.25, 0.3) is 0 Å². The van der Waals surface area contributed by atoms with E-state index in [0.717, 1.165) is 10.4 Å². The molecule has 0 aliphatic carbocycles. The molecule has 0 aromatic heterocycles. The quantitative estimate of drug-likeness (QED) is 0.566. The van der Waals surface area contributed by atoms with Crippen LogP contribution in [0.15, 0.2) is 71.6 Å². The Hall–Kier alpha value is -3.79. The number of methoxy groups -OCH3 is 1. The lowest BCUT2D eigenvalue weighted by molar-refractivity contribution is -0.114. The van der Waals surface area contributed by atoms with Gasteiger partial charge in [0.05, 0.1) is 17.7 Å². The van der Waals surface area contributed by atoms with Gasteiger partial charge in [-0.25, -0.2) is 12.8 Å². The zero-order chi connectivity index (χ0) is 23.4. The number of benzene rings is 3. The maximum Gasteiger partial charge on any atom is 0.264 e. The summed E-state index contributed by atoms with van der Waals surface area (Å²) in [5.74, 6) is 0.0432. The second kappa shape index (κ2) is 9.37. The van der Waals surface area contributed by atoms with Crippen LogP contribution < -0.4 is 23.8 Å². The molecule has 0 fully saturated rings. The summed E-state index contributed by atoms with van der Waals surface area (Å²) in [6, 6.07) is 15.8. The first kappa shape index (κ1) is 22.4. The Balaban J connectivity index is 1.62. The molecule has 4 rings (SSSR count). The summed E-state index contributed by atoms with van der Waals surface area (Å²) in [5.41, 5.74) is 0.144. The fourth-order valence-electron chi connectivity index (χ4n) is 3.28. The zero-order valence-electron chi connectivity index (χ0n) is 17.7.